The van der Waals surface area contributed by atoms with Gasteiger partial charge >= 0.3 is 6.09 Å². The zero-order valence-corrected chi connectivity index (χ0v) is 11.9. The van der Waals surface area contributed by atoms with Gasteiger partial charge in [-0.25, -0.2) is 4.79 Å². The minimum absolute atomic E-state index is 0.210. The summed E-state index contributed by atoms with van der Waals surface area (Å²) in [4.78, 5) is 11.4. The minimum atomic E-state index is -0.406. The minimum Gasteiger partial charge on any atom is -0.493 e. The Morgan fingerprint density at radius 3 is 2.42 bits per heavy atom. The highest BCUT2D eigenvalue weighted by Gasteiger charge is 2.10. The maximum absolute atomic E-state index is 11.4. The molecule has 0 aliphatic heterocycles. The number of nitrogens with one attached hydrogen (secondary N) is 1. The van der Waals surface area contributed by atoms with Crippen LogP contribution in [0, 0.1) is 6.92 Å². The third-order valence-electron chi connectivity index (χ3n) is 2.72. The molecule has 0 aliphatic carbocycles. The van der Waals surface area contributed by atoms with Gasteiger partial charge in [0.15, 0.2) is 11.5 Å². The van der Waals surface area contributed by atoms with E-state index in [9.17, 15) is 4.79 Å². The Bertz CT molecular complexity index is 432. The van der Waals surface area contributed by atoms with Gasteiger partial charge in [-0.2, -0.15) is 0 Å². The predicted octanol–water partition coefficient (Wildman–Crippen LogP) is 2.65. The molecule has 5 nitrogen and oxygen atoms in total. The molecule has 1 aromatic carbocycles. The number of ether oxygens (including phenoxy) is 3. The van der Waals surface area contributed by atoms with Crippen LogP contribution in [0.2, 0.25) is 0 Å². The first-order valence-corrected chi connectivity index (χ1v) is 6.24. The second-order valence-corrected chi connectivity index (χ2v) is 4.14. The number of hydrogen-bond acceptors (Lipinski definition) is 4. The van der Waals surface area contributed by atoms with Gasteiger partial charge in [-0.3, -0.25) is 0 Å². The molecule has 0 aliphatic rings. The maximum atomic E-state index is 11.4. The molecule has 0 atom stereocenters. The van der Waals surface area contributed by atoms with Crippen molar-refractivity contribution in [2.45, 2.75) is 26.9 Å². The molecule has 106 valence electrons. The Balaban J connectivity index is 2.70. The Morgan fingerprint density at radius 2 is 1.84 bits per heavy atom. The summed E-state index contributed by atoms with van der Waals surface area (Å²) in [6, 6.07) is 3.68. The van der Waals surface area contributed by atoms with Crippen LogP contribution >= 0.6 is 0 Å². The largest absolute Gasteiger partial charge is 0.493 e. The van der Waals surface area contributed by atoms with Gasteiger partial charge in [-0.15, -0.1) is 0 Å². The summed E-state index contributed by atoms with van der Waals surface area (Å²) >= 11 is 0. The number of carbonyl (C=O) groups excluding carboxylic acids is 1. The van der Waals surface area contributed by atoms with Crippen LogP contribution < -0.4 is 14.8 Å². The number of amides is 1. The fraction of sp³-hybridized carbons (Fsp3) is 0.500. The molecule has 1 aromatic rings. The van der Waals surface area contributed by atoms with Crippen LogP contribution in [0.15, 0.2) is 12.1 Å². The van der Waals surface area contributed by atoms with Crippen molar-refractivity contribution in [2.24, 2.45) is 0 Å². The van der Waals surface area contributed by atoms with Crippen LogP contribution in [0.1, 0.15) is 24.5 Å². The number of hydrogen-bond donors (Lipinski definition) is 1. The second-order valence-electron chi connectivity index (χ2n) is 4.14. The highest BCUT2D eigenvalue weighted by atomic mass is 16.5. The van der Waals surface area contributed by atoms with Crippen LogP contribution in [-0.2, 0) is 11.3 Å². The fourth-order valence-corrected chi connectivity index (χ4v) is 1.60. The molecule has 1 amide bonds. The topological polar surface area (TPSA) is 56.8 Å². The van der Waals surface area contributed by atoms with Gasteiger partial charge in [-0.1, -0.05) is 6.92 Å². The molecule has 5 heteroatoms. The van der Waals surface area contributed by atoms with Gasteiger partial charge in [-0.05, 0) is 36.6 Å². The van der Waals surface area contributed by atoms with Crippen molar-refractivity contribution in [1.29, 1.82) is 0 Å². The monoisotopic (exact) mass is 267 g/mol. The van der Waals surface area contributed by atoms with Crippen molar-refractivity contribution in [2.75, 3.05) is 20.8 Å². The standard InChI is InChI=1S/C14H21NO4/c1-5-6-15-14(16)19-9-11-8-13(18-4)12(17-3)7-10(11)2/h7-8H,5-6,9H2,1-4H3,(H,15,16). The molecule has 0 saturated heterocycles. The van der Waals surface area contributed by atoms with Crippen LogP contribution in [0.3, 0.4) is 0 Å². The first kappa shape index (κ1) is 15.1. The zero-order valence-electron chi connectivity index (χ0n) is 11.9. The molecule has 0 saturated carbocycles. The van der Waals surface area contributed by atoms with Crippen LogP contribution in [-0.4, -0.2) is 26.9 Å². The second kappa shape index (κ2) is 7.51. The van der Waals surface area contributed by atoms with E-state index in [0.717, 1.165) is 17.5 Å². The van der Waals surface area contributed by atoms with Crippen molar-refractivity contribution in [1.82, 2.24) is 5.32 Å². The summed E-state index contributed by atoms with van der Waals surface area (Å²) in [6.45, 7) is 4.74. The van der Waals surface area contributed by atoms with Gasteiger partial charge in [0, 0.05) is 6.54 Å². The quantitative estimate of drug-likeness (QED) is 0.861. The lowest BCUT2D eigenvalue weighted by molar-refractivity contribution is 0.139. The maximum Gasteiger partial charge on any atom is 0.407 e. The molecule has 1 N–H and O–H groups in total. The number of carbonyl (C=O) groups is 1. The van der Waals surface area contributed by atoms with E-state index in [-0.39, 0.29) is 6.61 Å². The molecule has 19 heavy (non-hydrogen) atoms. The molecule has 0 spiro atoms. The molecule has 0 heterocycles. The highest BCUT2D eigenvalue weighted by molar-refractivity contribution is 5.67. The van der Waals surface area contributed by atoms with Gasteiger partial charge in [0.05, 0.1) is 14.2 Å². The Hall–Kier alpha value is -1.91. The van der Waals surface area contributed by atoms with E-state index >= 15 is 0 Å². The zero-order chi connectivity index (χ0) is 14.3. The van der Waals surface area contributed by atoms with Gasteiger partial charge in [0.25, 0.3) is 0 Å². The van der Waals surface area contributed by atoms with Crippen molar-refractivity contribution < 1.29 is 19.0 Å². The summed E-state index contributed by atoms with van der Waals surface area (Å²) in [5.74, 6) is 1.29. The third-order valence-corrected chi connectivity index (χ3v) is 2.72. The van der Waals surface area contributed by atoms with Crippen LogP contribution in [0.4, 0.5) is 4.79 Å². The summed E-state index contributed by atoms with van der Waals surface area (Å²) < 4.78 is 15.6. The normalized spacial score (nSPS) is 9.89. The third kappa shape index (κ3) is 4.35. The number of rotatable bonds is 6. The molecular formula is C14H21NO4. The van der Waals surface area contributed by atoms with Crippen molar-refractivity contribution in [3.8, 4) is 11.5 Å². The van der Waals surface area contributed by atoms with Crippen molar-refractivity contribution in [3.05, 3.63) is 23.3 Å². The first-order chi connectivity index (χ1) is 9.12. The Morgan fingerprint density at radius 1 is 1.21 bits per heavy atom. The van der Waals surface area contributed by atoms with Crippen molar-refractivity contribution >= 4 is 6.09 Å². The number of alkyl carbamates (subject to hydrolysis) is 1. The van der Waals surface area contributed by atoms with Crippen molar-refractivity contribution in [3.63, 3.8) is 0 Å². The van der Waals surface area contributed by atoms with E-state index < -0.39 is 6.09 Å². The average Bonchev–Trinajstić information content (AvgIpc) is 2.43. The molecule has 1 rings (SSSR count). The lowest BCUT2D eigenvalue weighted by Crippen LogP contribution is -2.24. The van der Waals surface area contributed by atoms with Gasteiger partial charge in [0.2, 0.25) is 0 Å². The molecular weight excluding hydrogens is 246 g/mol. The number of aryl methyl sites for hydroxylation is 1. The summed E-state index contributed by atoms with van der Waals surface area (Å²) in [6.07, 6.45) is 0.473. The van der Waals surface area contributed by atoms with E-state index in [1.54, 1.807) is 14.2 Å². The summed E-state index contributed by atoms with van der Waals surface area (Å²) in [7, 11) is 3.16. The van der Waals surface area contributed by atoms with Crippen LogP contribution in [0.25, 0.3) is 0 Å². The molecule has 0 unspecified atom stereocenters. The lowest BCUT2D eigenvalue weighted by atomic mass is 10.1. The number of benzene rings is 1. The summed E-state index contributed by atoms with van der Waals surface area (Å²) in [5.41, 5.74) is 1.88. The Kier molecular flexibility index (Phi) is 5.99. The summed E-state index contributed by atoms with van der Waals surface area (Å²) in [5, 5.41) is 2.66. The predicted molar refractivity (Wildman–Crippen MR) is 72.8 cm³/mol. The first-order valence-electron chi connectivity index (χ1n) is 6.24. The molecule has 0 fully saturated rings. The SMILES string of the molecule is CCCNC(=O)OCc1cc(OC)c(OC)cc1C. The van der Waals surface area contributed by atoms with E-state index in [0.29, 0.717) is 18.0 Å². The van der Waals surface area contributed by atoms with E-state index in [1.807, 2.05) is 26.0 Å². The molecule has 0 radical (unpaired) electrons. The number of methoxy groups -OCH3 is 2. The fourth-order valence-electron chi connectivity index (χ4n) is 1.60. The lowest BCUT2D eigenvalue weighted by Gasteiger charge is -2.13. The average molecular weight is 267 g/mol. The molecule has 0 aromatic heterocycles. The van der Waals surface area contributed by atoms with E-state index in [4.69, 9.17) is 14.2 Å². The van der Waals surface area contributed by atoms with Gasteiger partial charge in [0.1, 0.15) is 6.61 Å². The smallest absolute Gasteiger partial charge is 0.407 e. The van der Waals surface area contributed by atoms with E-state index in [1.165, 1.54) is 0 Å². The molecule has 0 bridgehead atoms. The Labute approximate surface area is 113 Å². The van der Waals surface area contributed by atoms with E-state index in [2.05, 4.69) is 5.32 Å². The van der Waals surface area contributed by atoms with Crippen LogP contribution in [0.5, 0.6) is 11.5 Å². The van der Waals surface area contributed by atoms with Gasteiger partial charge < -0.3 is 19.5 Å². The highest BCUT2D eigenvalue weighted by Crippen LogP contribution is 2.30.